The molecule has 2 aliphatic heterocycles. The van der Waals surface area contributed by atoms with Crippen LogP contribution in [0.3, 0.4) is 0 Å². The molecule has 2 rings (SSSR count). The van der Waals surface area contributed by atoms with Gasteiger partial charge in [-0.15, -0.1) is 0 Å². The van der Waals surface area contributed by atoms with Gasteiger partial charge in [-0.1, -0.05) is 12.8 Å². The van der Waals surface area contributed by atoms with E-state index < -0.39 is 0 Å². The second-order valence-electron chi connectivity index (χ2n) is 4.86. The third-order valence-corrected chi connectivity index (χ3v) is 3.34. The molecule has 0 aliphatic carbocycles. The van der Waals surface area contributed by atoms with Gasteiger partial charge >= 0.3 is 0 Å². The molecule has 0 aromatic heterocycles. The van der Waals surface area contributed by atoms with Crippen LogP contribution in [0.2, 0.25) is 0 Å². The number of carbonyl (C=O) groups is 2. The highest BCUT2D eigenvalue weighted by atomic mass is 16.2. The number of amides is 2. The molecule has 0 aromatic carbocycles. The number of rotatable bonds is 11. The van der Waals surface area contributed by atoms with E-state index in [-0.39, 0.29) is 0 Å². The summed E-state index contributed by atoms with van der Waals surface area (Å²) >= 11 is 0. The zero-order valence-electron chi connectivity index (χ0n) is 10.8. The van der Waals surface area contributed by atoms with Crippen molar-refractivity contribution in [3.05, 3.63) is 0 Å². The fraction of sp³-hybridized carbons (Fsp3) is 0.833. The Morgan fingerprint density at radius 3 is 1.39 bits per heavy atom. The van der Waals surface area contributed by atoms with E-state index in [4.69, 9.17) is 0 Å². The molecule has 6 nitrogen and oxygen atoms in total. The molecule has 0 atom stereocenters. The zero-order valence-corrected chi connectivity index (χ0v) is 10.8. The predicted octanol–water partition coefficient (Wildman–Crippen LogP) is -0.0752. The van der Waals surface area contributed by atoms with E-state index >= 15 is 0 Å². The number of hydrazine groups is 2. The van der Waals surface area contributed by atoms with Crippen LogP contribution in [-0.2, 0) is 9.59 Å². The van der Waals surface area contributed by atoms with Gasteiger partial charge in [0.05, 0.1) is 0 Å². The van der Waals surface area contributed by atoms with Crippen LogP contribution >= 0.6 is 0 Å². The zero-order chi connectivity index (χ0) is 12.8. The first-order valence-corrected chi connectivity index (χ1v) is 6.79. The fourth-order valence-electron chi connectivity index (χ4n) is 2.03. The van der Waals surface area contributed by atoms with Crippen LogP contribution in [0, 0.1) is 0 Å². The van der Waals surface area contributed by atoms with Gasteiger partial charge in [-0.2, -0.15) is 0 Å². The van der Waals surface area contributed by atoms with Crippen LogP contribution in [0.5, 0.6) is 0 Å². The van der Waals surface area contributed by atoms with Gasteiger partial charge < -0.3 is 0 Å². The van der Waals surface area contributed by atoms with E-state index in [1.807, 2.05) is 10.0 Å². The molecular formula is C12H22N4O2. The predicted molar refractivity (Wildman–Crippen MR) is 67.2 cm³/mol. The Morgan fingerprint density at radius 1 is 0.722 bits per heavy atom. The van der Waals surface area contributed by atoms with Gasteiger partial charge in [-0.3, -0.25) is 19.6 Å². The molecule has 0 unspecified atom stereocenters. The number of hydrogen-bond donors (Lipinski definition) is 0. The second kappa shape index (κ2) is 6.70. The van der Waals surface area contributed by atoms with Crippen LogP contribution in [0.1, 0.15) is 25.7 Å². The minimum Gasteiger partial charge on any atom is -0.278 e. The molecular weight excluding hydrogens is 232 g/mol. The molecule has 18 heavy (non-hydrogen) atoms. The topological polar surface area (TPSA) is 46.6 Å². The Morgan fingerprint density at radius 2 is 1.11 bits per heavy atom. The summed E-state index contributed by atoms with van der Waals surface area (Å²) in [6.45, 7) is 5.72. The summed E-state index contributed by atoms with van der Waals surface area (Å²) in [5, 5.41) is 7.63. The molecule has 0 spiro atoms. The van der Waals surface area contributed by atoms with Crippen molar-refractivity contribution in [2.24, 2.45) is 0 Å². The molecule has 2 fully saturated rings. The highest BCUT2D eigenvalue weighted by molar-refractivity contribution is 5.46. The molecule has 0 aromatic rings. The molecule has 0 radical (unpaired) electrons. The SMILES string of the molecule is O=CN(CCCCCCN(C=O)N1CC1)N1CC1. The largest absolute Gasteiger partial charge is 0.278 e. The monoisotopic (exact) mass is 254 g/mol. The molecule has 2 amide bonds. The minimum atomic E-state index is 0.826. The van der Waals surface area contributed by atoms with Crippen molar-refractivity contribution in [3.8, 4) is 0 Å². The lowest BCUT2D eigenvalue weighted by Gasteiger charge is -2.18. The van der Waals surface area contributed by atoms with E-state index in [9.17, 15) is 9.59 Å². The van der Waals surface area contributed by atoms with Gasteiger partial charge in [0.1, 0.15) is 0 Å². The van der Waals surface area contributed by atoms with Gasteiger partial charge in [-0.05, 0) is 12.8 Å². The smallest absolute Gasteiger partial charge is 0.224 e. The van der Waals surface area contributed by atoms with Crippen molar-refractivity contribution in [2.45, 2.75) is 25.7 Å². The highest BCUT2D eigenvalue weighted by Crippen LogP contribution is 2.11. The summed E-state index contributed by atoms with van der Waals surface area (Å²) in [7, 11) is 0. The molecule has 0 N–H and O–H groups in total. The molecule has 0 bridgehead atoms. The number of hydrogen-bond acceptors (Lipinski definition) is 4. The number of carbonyl (C=O) groups excluding carboxylic acids is 2. The van der Waals surface area contributed by atoms with Crippen LogP contribution in [0.4, 0.5) is 0 Å². The lowest BCUT2D eigenvalue weighted by atomic mass is 10.2. The highest BCUT2D eigenvalue weighted by Gasteiger charge is 2.24. The van der Waals surface area contributed by atoms with Gasteiger partial charge in [0, 0.05) is 39.3 Å². The average molecular weight is 254 g/mol. The molecule has 2 aliphatic rings. The minimum absolute atomic E-state index is 0.826. The first-order chi connectivity index (χ1) is 8.85. The summed E-state index contributed by atoms with van der Waals surface area (Å²) in [5.74, 6) is 0. The maximum absolute atomic E-state index is 10.7. The van der Waals surface area contributed by atoms with Crippen molar-refractivity contribution in [3.63, 3.8) is 0 Å². The van der Waals surface area contributed by atoms with Crippen LogP contribution in [0.15, 0.2) is 0 Å². The van der Waals surface area contributed by atoms with E-state index in [0.717, 1.165) is 77.8 Å². The van der Waals surface area contributed by atoms with Gasteiger partial charge in [0.15, 0.2) is 0 Å². The van der Waals surface area contributed by atoms with E-state index in [2.05, 4.69) is 0 Å². The summed E-state index contributed by atoms with van der Waals surface area (Å²) in [6.07, 6.45) is 6.15. The quantitative estimate of drug-likeness (QED) is 0.294. The van der Waals surface area contributed by atoms with Crippen molar-refractivity contribution in [2.75, 3.05) is 39.3 Å². The Balaban J connectivity index is 1.45. The van der Waals surface area contributed by atoms with Crippen molar-refractivity contribution >= 4 is 12.8 Å². The van der Waals surface area contributed by atoms with Crippen LogP contribution < -0.4 is 0 Å². The van der Waals surface area contributed by atoms with E-state index in [1.165, 1.54) is 0 Å². The third kappa shape index (κ3) is 4.27. The molecule has 2 saturated heterocycles. The molecule has 0 saturated carbocycles. The maximum Gasteiger partial charge on any atom is 0.224 e. The summed E-state index contributed by atoms with van der Waals surface area (Å²) in [5.41, 5.74) is 0. The lowest BCUT2D eigenvalue weighted by Crippen LogP contribution is -2.29. The first-order valence-electron chi connectivity index (χ1n) is 6.79. The maximum atomic E-state index is 10.7. The average Bonchev–Trinajstić information content (AvgIpc) is 3.25. The third-order valence-electron chi connectivity index (χ3n) is 3.34. The Kier molecular flexibility index (Phi) is 4.95. The van der Waals surface area contributed by atoms with Crippen molar-refractivity contribution in [1.29, 1.82) is 0 Å². The van der Waals surface area contributed by atoms with Crippen LogP contribution in [0.25, 0.3) is 0 Å². The normalized spacial score (nSPS) is 18.4. The van der Waals surface area contributed by atoms with Gasteiger partial charge in [0.2, 0.25) is 12.8 Å². The molecule has 102 valence electrons. The van der Waals surface area contributed by atoms with Crippen molar-refractivity contribution < 1.29 is 9.59 Å². The standard InChI is InChI=1S/C12H22N4O2/c17-11-15(13-7-8-13)5-3-1-2-4-6-16(12-18)14-9-10-14/h11-12H,1-10H2. The number of unbranched alkanes of at least 4 members (excludes halogenated alkanes) is 3. The Labute approximate surface area is 108 Å². The van der Waals surface area contributed by atoms with Crippen molar-refractivity contribution in [1.82, 2.24) is 20.0 Å². The van der Waals surface area contributed by atoms with Crippen LogP contribution in [-0.4, -0.2) is 72.1 Å². The molecule has 2 heterocycles. The first kappa shape index (κ1) is 13.3. The molecule has 6 heteroatoms. The van der Waals surface area contributed by atoms with Gasteiger partial charge in [0.25, 0.3) is 0 Å². The Bertz CT molecular complexity index is 251. The number of nitrogens with zero attached hydrogens (tertiary/aromatic N) is 4. The second-order valence-corrected chi connectivity index (χ2v) is 4.86. The lowest BCUT2D eigenvalue weighted by molar-refractivity contribution is -0.127. The van der Waals surface area contributed by atoms with E-state index in [0.29, 0.717) is 0 Å². The Hall–Kier alpha value is -1.14. The fourth-order valence-corrected chi connectivity index (χ4v) is 2.03. The van der Waals surface area contributed by atoms with E-state index in [1.54, 1.807) is 10.0 Å². The summed E-state index contributed by atoms with van der Waals surface area (Å²) in [4.78, 5) is 21.5. The van der Waals surface area contributed by atoms with Gasteiger partial charge in [-0.25, -0.2) is 10.0 Å². The summed E-state index contributed by atoms with van der Waals surface area (Å²) < 4.78 is 0. The summed E-state index contributed by atoms with van der Waals surface area (Å²) in [6, 6.07) is 0.